The molecule has 4 heteroatoms. The summed E-state index contributed by atoms with van der Waals surface area (Å²) < 4.78 is 0. The Labute approximate surface area is 187 Å². The molecule has 2 amide bonds. The number of nitrogens with one attached hydrogen (secondary N) is 2. The Bertz CT molecular complexity index is 1160. The predicted octanol–water partition coefficient (Wildman–Crippen LogP) is 6.48. The first-order valence-corrected chi connectivity index (χ1v) is 10.5. The van der Waals surface area contributed by atoms with Gasteiger partial charge in [-0.3, -0.25) is 9.59 Å². The van der Waals surface area contributed by atoms with E-state index in [1.54, 1.807) is 0 Å². The van der Waals surface area contributed by atoms with Crippen molar-refractivity contribution in [3.63, 3.8) is 0 Å². The zero-order valence-corrected chi connectivity index (χ0v) is 18.1. The molecule has 0 aromatic heterocycles. The molecule has 0 fully saturated rings. The highest BCUT2D eigenvalue weighted by atomic mass is 16.2. The van der Waals surface area contributed by atoms with Crippen LogP contribution in [-0.4, -0.2) is 11.8 Å². The van der Waals surface area contributed by atoms with Crippen molar-refractivity contribution in [1.29, 1.82) is 0 Å². The summed E-state index contributed by atoms with van der Waals surface area (Å²) in [4.78, 5) is 25.1. The number of anilines is 2. The van der Waals surface area contributed by atoms with Gasteiger partial charge in [-0.05, 0) is 72.5 Å². The monoisotopic (exact) mass is 420 g/mol. The summed E-state index contributed by atoms with van der Waals surface area (Å²) in [6.45, 7) is 3.92. The molecule has 2 N–H and O–H groups in total. The van der Waals surface area contributed by atoms with E-state index in [9.17, 15) is 9.59 Å². The van der Waals surface area contributed by atoms with Crippen LogP contribution in [0, 0.1) is 13.8 Å². The average molecular weight is 421 g/mol. The molecule has 0 spiro atoms. The van der Waals surface area contributed by atoms with E-state index in [-0.39, 0.29) is 11.8 Å². The number of carbonyl (C=O) groups excluding carboxylic acids is 2. The molecule has 0 saturated carbocycles. The molecule has 0 aliphatic heterocycles. The summed E-state index contributed by atoms with van der Waals surface area (Å²) in [6.07, 6.45) is 0. The first-order valence-electron chi connectivity index (χ1n) is 10.5. The fraction of sp³-hybridized carbons (Fsp3) is 0.0714. The molecule has 0 saturated heterocycles. The number of para-hydroxylation sites is 2. The first kappa shape index (κ1) is 21.1. The molecule has 4 rings (SSSR count). The van der Waals surface area contributed by atoms with Crippen LogP contribution in [0.2, 0.25) is 0 Å². The normalized spacial score (nSPS) is 10.4. The SMILES string of the molecule is Cc1ccccc1NC(=O)c1ccc(-c2ccc(C(=O)Nc3ccccc3C)cc2)cc1. The number of hydrogen-bond acceptors (Lipinski definition) is 2. The smallest absolute Gasteiger partial charge is 0.255 e. The van der Waals surface area contributed by atoms with Crippen molar-refractivity contribution >= 4 is 23.2 Å². The Morgan fingerprint density at radius 2 is 0.844 bits per heavy atom. The summed E-state index contributed by atoms with van der Waals surface area (Å²) in [6, 6.07) is 30.3. The standard InChI is InChI=1S/C28H24N2O2/c1-19-7-3-5-9-25(19)29-27(31)23-15-11-21(12-16-23)22-13-17-24(18-14-22)28(32)30-26-10-6-4-8-20(26)2/h3-18H,1-2H3,(H,29,31)(H,30,32). The van der Waals surface area contributed by atoms with Gasteiger partial charge in [-0.25, -0.2) is 0 Å². The van der Waals surface area contributed by atoms with Gasteiger partial charge in [0.2, 0.25) is 0 Å². The van der Waals surface area contributed by atoms with E-state index >= 15 is 0 Å². The zero-order valence-electron chi connectivity index (χ0n) is 18.1. The van der Waals surface area contributed by atoms with Crippen LogP contribution < -0.4 is 10.6 Å². The Morgan fingerprint density at radius 3 is 1.19 bits per heavy atom. The van der Waals surface area contributed by atoms with Crippen molar-refractivity contribution in [3.8, 4) is 11.1 Å². The third-order valence-electron chi connectivity index (χ3n) is 5.41. The Morgan fingerprint density at radius 1 is 0.500 bits per heavy atom. The van der Waals surface area contributed by atoms with Gasteiger partial charge in [0.15, 0.2) is 0 Å². The zero-order chi connectivity index (χ0) is 22.5. The third kappa shape index (κ3) is 4.76. The largest absolute Gasteiger partial charge is 0.322 e. The molecule has 158 valence electrons. The second-order valence-corrected chi connectivity index (χ2v) is 7.69. The number of hydrogen-bond donors (Lipinski definition) is 2. The van der Waals surface area contributed by atoms with Gasteiger partial charge in [0.05, 0.1) is 0 Å². The van der Waals surface area contributed by atoms with Crippen molar-refractivity contribution in [2.45, 2.75) is 13.8 Å². The molecular weight excluding hydrogens is 396 g/mol. The molecule has 0 atom stereocenters. The van der Waals surface area contributed by atoms with Gasteiger partial charge in [0.1, 0.15) is 0 Å². The van der Waals surface area contributed by atoms with Crippen LogP contribution in [0.25, 0.3) is 11.1 Å². The van der Waals surface area contributed by atoms with Crippen LogP contribution in [0.5, 0.6) is 0 Å². The number of rotatable bonds is 5. The quantitative estimate of drug-likeness (QED) is 0.388. The molecule has 0 heterocycles. The summed E-state index contributed by atoms with van der Waals surface area (Å²) >= 11 is 0. The van der Waals surface area contributed by atoms with Crippen molar-refractivity contribution in [3.05, 3.63) is 119 Å². The molecule has 0 aliphatic rings. The Kier molecular flexibility index (Phi) is 6.13. The summed E-state index contributed by atoms with van der Waals surface area (Å²) in [7, 11) is 0. The lowest BCUT2D eigenvalue weighted by molar-refractivity contribution is 0.101. The van der Waals surface area contributed by atoms with Gasteiger partial charge in [-0.1, -0.05) is 60.7 Å². The Hall–Kier alpha value is -4.18. The molecule has 4 aromatic carbocycles. The minimum atomic E-state index is -0.144. The molecule has 4 nitrogen and oxygen atoms in total. The molecule has 0 aliphatic carbocycles. The number of carbonyl (C=O) groups is 2. The first-order chi connectivity index (χ1) is 15.5. The minimum Gasteiger partial charge on any atom is -0.322 e. The number of aryl methyl sites for hydroxylation is 2. The second kappa shape index (κ2) is 9.31. The van der Waals surface area contributed by atoms with Crippen molar-refractivity contribution < 1.29 is 9.59 Å². The second-order valence-electron chi connectivity index (χ2n) is 7.69. The van der Waals surface area contributed by atoms with Gasteiger partial charge in [0, 0.05) is 22.5 Å². The lowest BCUT2D eigenvalue weighted by Gasteiger charge is -2.10. The third-order valence-corrected chi connectivity index (χ3v) is 5.41. The summed E-state index contributed by atoms with van der Waals surface area (Å²) in [5.74, 6) is -0.289. The molecule has 0 radical (unpaired) electrons. The van der Waals surface area contributed by atoms with Crippen LogP contribution in [0.3, 0.4) is 0 Å². The highest BCUT2D eigenvalue weighted by Crippen LogP contribution is 2.22. The van der Waals surface area contributed by atoms with Gasteiger partial charge in [0.25, 0.3) is 11.8 Å². The summed E-state index contributed by atoms with van der Waals surface area (Å²) in [5.41, 5.74) is 6.78. The predicted molar refractivity (Wildman–Crippen MR) is 130 cm³/mol. The highest BCUT2D eigenvalue weighted by Gasteiger charge is 2.10. The van der Waals surface area contributed by atoms with Gasteiger partial charge >= 0.3 is 0 Å². The van der Waals surface area contributed by atoms with E-state index in [2.05, 4.69) is 10.6 Å². The van der Waals surface area contributed by atoms with E-state index in [1.165, 1.54) is 0 Å². The molecule has 0 bridgehead atoms. The van der Waals surface area contributed by atoms with Crippen LogP contribution in [0.4, 0.5) is 11.4 Å². The van der Waals surface area contributed by atoms with Crippen LogP contribution >= 0.6 is 0 Å². The van der Waals surface area contributed by atoms with Gasteiger partial charge < -0.3 is 10.6 Å². The summed E-state index contributed by atoms with van der Waals surface area (Å²) in [5, 5.41) is 5.89. The molecule has 32 heavy (non-hydrogen) atoms. The van der Waals surface area contributed by atoms with E-state index in [4.69, 9.17) is 0 Å². The molecule has 0 unspecified atom stereocenters. The van der Waals surface area contributed by atoms with Crippen LogP contribution in [-0.2, 0) is 0 Å². The number of amides is 2. The van der Waals surface area contributed by atoms with Gasteiger partial charge in [-0.15, -0.1) is 0 Å². The van der Waals surface area contributed by atoms with E-state index in [0.29, 0.717) is 11.1 Å². The van der Waals surface area contributed by atoms with E-state index < -0.39 is 0 Å². The lowest BCUT2D eigenvalue weighted by Crippen LogP contribution is -2.12. The van der Waals surface area contributed by atoms with Crippen LogP contribution in [0.1, 0.15) is 31.8 Å². The topological polar surface area (TPSA) is 58.2 Å². The van der Waals surface area contributed by atoms with E-state index in [0.717, 1.165) is 33.6 Å². The maximum absolute atomic E-state index is 12.6. The van der Waals surface area contributed by atoms with Crippen LogP contribution in [0.15, 0.2) is 97.1 Å². The highest BCUT2D eigenvalue weighted by molar-refractivity contribution is 6.05. The minimum absolute atomic E-state index is 0.144. The van der Waals surface area contributed by atoms with Crippen molar-refractivity contribution in [2.75, 3.05) is 10.6 Å². The molecular formula is C28H24N2O2. The van der Waals surface area contributed by atoms with Crippen molar-refractivity contribution in [1.82, 2.24) is 0 Å². The maximum atomic E-state index is 12.6. The maximum Gasteiger partial charge on any atom is 0.255 e. The Balaban J connectivity index is 1.44. The fourth-order valence-corrected chi connectivity index (χ4v) is 3.44. The average Bonchev–Trinajstić information content (AvgIpc) is 2.82. The molecule has 4 aromatic rings. The van der Waals surface area contributed by atoms with Gasteiger partial charge in [-0.2, -0.15) is 0 Å². The fourth-order valence-electron chi connectivity index (χ4n) is 3.44. The van der Waals surface area contributed by atoms with E-state index in [1.807, 2.05) is 111 Å². The van der Waals surface area contributed by atoms with Crippen molar-refractivity contribution in [2.24, 2.45) is 0 Å². The lowest BCUT2D eigenvalue weighted by atomic mass is 10.0. The number of benzene rings is 4.